The molecular weight excluding hydrogens is 233 g/mol. The topological polar surface area (TPSA) is 38.5 Å². The number of rotatable bonds is 2. The smallest absolute Gasteiger partial charge is 0.372 e. The van der Waals surface area contributed by atoms with E-state index in [1.807, 2.05) is 0 Å². The Morgan fingerprint density at radius 2 is 2.00 bits per heavy atom. The van der Waals surface area contributed by atoms with Gasteiger partial charge in [0.25, 0.3) is 0 Å². The van der Waals surface area contributed by atoms with E-state index in [0.29, 0.717) is 5.57 Å². The van der Waals surface area contributed by atoms with Gasteiger partial charge >= 0.3 is 6.18 Å². The van der Waals surface area contributed by atoms with E-state index in [1.165, 1.54) is 0 Å². The monoisotopic (exact) mass is 250 g/mol. The summed E-state index contributed by atoms with van der Waals surface area (Å²) >= 11 is 0. The molecule has 0 aromatic rings. The van der Waals surface area contributed by atoms with Crippen LogP contribution >= 0.6 is 0 Å². The van der Waals surface area contributed by atoms with Crippen LogP contribution < -0.4 is 5.84 Å². The largest absolute Gasteiger partial charge is 0.432 e. The average Bonchev–Trinajstić information content (AvgIpc) is 2.63. The van der Waals surface area contributed by atoms with Gasteiger partial charge in [-0.15, -0.1) is 0 Å². The van der Waals surface area contributed by atoms with E-state index in [2.05, 4.69) is 0 Å². The Bertz CT molecular complexity index is 345. The number of hydrogen-bond donors (Lipinski definition) is 1. The Kier molecular flexibility index (Phi) is 4.21. The first-order valence-electron chi connectivity index (χ1n) is 5.36. The number of nitrogens with two attached hydrogens (primary N) is 1. The van der Waals surface area contributed by atoms with Crippen molar-refractivity contribution in [1.82, 2.24) is 5.01 Å². The molecule has 1 aliphatic heterocycles. The zero-order valence-electron chi connectivity index (χ0n) is 10.1. The molecule has 0 spiro atoms. The van der Waals surface area contributed by atoms with Crippen LogP contribution in [0.25, 0.3) is 0 Å². The summed E-state index contributed by atoms with van der Waals surface area (Å²) in [6.45, 7) is 5.06. The van der Waals surface area contributed by atoms with Crippen molar-refractivity contribution in [2.24, 2.45) is 5.84 Å². The van der Waals surface area contributed by atoms with Gasteiger partial charge in [-0.2, -0.15) is 13.2 Å². The first-order chi connectivity index (χ1) is 7.79. The maximum Gasteiger partial charge on any atom is 0.432 e. The van der Waals surface area contributed by atoms with Gasteiger partial charge < -0.3 is 9.75 Å². The van der Waals surface area contributed by atoms with E-state index in [9.17, 15) is 13.2 Å². The van der Waals surface area contributed by atoms with Crippen molar-refractivity contribution in [3.05, 3.63) is 22.9 Å². The minimum absolute atomic E-state index is 0.0467. The maximum atomic E-state index is 13.0. The fourth-order valence-corrected chi connectivity index (χ4v) is 1.65. The Morgan fingerprint density at radius 1 is 1.41 bits per heavy atom. The fourth-order valence-electron chi connectivity index (χ4n) is 1.65. The average molecular weight is 250 g/mol. The minimum atomic E-state index is -4.48. The Morgan fingerprint density at radius 3 is 2.41 bits per heavy atom. The molecule has 0 bridgehead atoms. The number of alkyl halides is 3. The molecule has 0 aliphatic carbocycles. The zero-order valence-corrected chi connectivity index (χ0v) is 10.1. The molecule has 17 heavy (non-hydrogen) atoms. The lowest BCUT2D eigenvalue weighted by molar-refractivity contribution is -0.115. The highest BCUT2D eigenvalue weighted by Crippen LogP contribution is 2.35. The van der Waals surface area contributed by atoms with Gasteiger partial charge in [-0.05, 0) is 26.3 Å². The Labute approximate surface area is 98.7 Å². The second-order valence-electron chi connectivity index (χ2n) is 4.13. The first-order valence-corrected chi connectivity index (χ1v) is 5.36. The maximum absolute atomic E-state index is 13.0. The van der Waals surface area contributed by atoms with Crippen molar-refractivity contribution < 1.29 is 17.9 Å². The van der Waals surface area contributed by atoms with Crippen molar-refractivity contribution >= 4 is 0 Å². The second-order valence-corrected chi connectivity index (χ2v) is 4.13. The highest BCUT2D eigenvalue weighted by molar-refractivity contribution is 5.40. The van der Waals surface area contributed by atoms with E-state index < -0.39 is 17.9 Å². The Balaban J connectivity index is 3.28. The quantitative estimate of drug-likeness (QED) is 0.604. The predicted octanol–water partition coefficient (Wildman–Crippen LogP) is 2.36. The summed E-state index contributed by atoms with van der Waals surface area (Å²) in [5.74, 6) is 5.52. The van der Waals surface area contributed by atoms with Gasteiger partial charge in [0.15, 0.2) is 0 Å². The summed E-state index contributed by atoms with van der Waals surface area (Å²) < 4.78 is 44.1. The third-order valence-electron chi connectivity index (χ3n) is 2.61. The van der Waals surface area contributed by atoms with Crippen LogP contribution in [0, 0.1) is 0 Å². The highest BCUT2D eigenvalue weighted by Gasteiger charge is 2.41. The molecule has 2 N–H and O–H groups in total. The molecule has 0 saturated carbocycles. The van der Waals surface area contributed by atoms with Gasteiger partial charge in [-0.3, -0.25) is 0 Å². The van der Waals surface area contributed by atoms with Crippen LogP contribution in [0.4, 0.5) is 13.2 Å². The SMILES string of the molecule is C/C=C1/COC/C1=C(/N(N)C(C)C)C(F)(F)F. The van der Waals surface area contributed by atoms with E-state index in [1.54, 1.807) is 26.8 Å². The molecule has 6 heteroatoms. The lowest BCUT2D eigenvalue weighted by Gasteiger charge is -2.29. The number of ether oxygens (including phenoxy) is 1. The van der Waals surface area contributed by atoms with Crippen molar-refractivity contribution in [3.63, 3.8) is 0 Å². The Hall–Kier alpha value is -1.01. The van der Waals surface area contributed by atoms with Gasteiger partial charge in [0.05, 0.1) is 13.2 Å². The van der Waals surface area contributed by atoms with Gasteiger partial charge in [0.2, 0.25) is 0 Å². The fraction of sp³-hybridized carbons (Fsp3) is 0.636. The summed E-state index contributed by atoms with van der Waals surface area (Å²) in [6, 6.07) is -0.433. The normalized spacial score (nSPS) is 22.5. The molecule has 0 aromatic carbocycles. The number of allylic oxidation sites excluding steroid dienone is 2. The summed E-state index contributed by atoms with van der Waals surface area (Å²) in [4.78, 5) is 0. The number of hydrazine groups is 1. The van der Waals surface area contributed by atoms with Gasteiger partial charge in [0.1, 0.15) is 5.70 Å². The van der Waals surface area contributed by atoms with Crippen LogP contribution in [0.5, 0.6) is 0 Å². The molecule has 1 rings (SSSR count). The molecule has 1 aliphatic rings. The number of halogens is 3. The number of hydrogen-bond acceptors (Lipinski definition) is 3. The van der Waals surface area contributed by atoms with Crippen LogP contribution in [-0.4, -0.2) is 30.4 Å². The summed E-state index contributed by atoms with van der Waals surface area (Å²) in [7, 11) is 0. The zero-order chi connectivity index (χ0) is 13.2. The van der Waals surface area contributed by atoms with Crippen LogP contribution in [0.2, 0.25) is 0 Å². The molecule has 0 radical (unpaired) electrons. The van der Waals surface area contributed by atoms with Crippen LogP contribution in [-0.2, 0) is 4.74 Å². The van der Waals surface area contributed by atoms with Gasteiger partial charge in [-0.1, -0.05) is 6.08 Å². The molecular formula is C11H17F3N2O. The van der Waals surface area contributed by atoms with Gasteiger partial charge in [-0.25, -0.2) is 5.84 Å². The van der Waals surface area contributed by atoms with E-state index in [4.69, 9.17) is 10.6 Å². The molecule has 0 atom stereocenters. The molecule has 0 aromatic heterocycles. The summed E-state index contributed by atoms with van der Waals surface area (Å²) in [5.41, 5.74) is -0.122. The lowest BCUT2D eigenvalue weighted by Crippen LogP contribution is -2.43. The van der Waals surface area contributed by atoms with Crippen LogP contribution in [0.15, 0.2) is 22.9 Å². The van der Waals surface area contributed by atoms with E-state index >= 15 is 0 Å². The molecule has 1 fully saturated rings. The second kappa shape index (κ2) is 5.10. The highest BCUT2D eigenvalue weighted by atomic mass is 19.4. The third kappa shape index (κ3) is 3.01. The van der Waals surface area contributed by atoms with Crippen molar-refractivity contribution in [2.75, 3.05) is 13.2 Å². The minimum Gasteiger partial charge on any atom is -0.372 e. The lowest BCUT2D eigenvalue weighted by atomic mass is 10.1. The van der Waals surface area contributed by atoms with Crippen molar-refractivity contribution in [2.45, 2.75) is 33.0 Å². The molecule has 3 nitrogen and oxygen atoms in total. The number of nitrogens with zero attached hydrogens (tertiary/aromatic N) is 1. The molecule has 1 saturated heterocycles. The van der Waals surface area contributed by atoms with Crippen LogP contribution in [0.1, 0.15) is 20.8 Å². The predicted molar refractivity (Wildman–Crippen MR) is 58.8 cm³/mol. The molecule has 98 valence electrons. The molecule has 1 heterocycles. The molecule has 0 amide bonds. The van der Waals surface area contributed by atoms with Crippen molar-refractivity contribution in [1.29, 1.82) is 0 Å². The van der Waals surface area contributed by atoms with Crippen molar-refractivity contribution in [3.8, 4) is 0 Å². The third-order valence-corrected chi connectivity index (χ3v) is 2.61. The standard InChI is InChI=1S/C11H17F3N2O/c1-4-8-5-17-6-9(8)10(11(12,13)14)16(15)7(2)3/h4,7H,5-6,15H2,1-3H3/b8-4-,10-9-. The molecule has 0 unspecified atom stereocenters. The summed E-state index contributed by atoms with van der Waals surface area (Å²) in [5, 5.41) is 0.757. The first kappa shape index (κ1) is 14.1. The van der Waals surface area contributed by atoms with Crippen LogP contribution in [0.3, 0.4) is 0 Å². The van der Waals surface area contributed by atoms with E-state index in [-0.39, 0.29) is 18.8 Å². The van der Waals surface area contributed by atoms with Gasteiger partial charge in [0, 0.05) is 11.6 Å². The summed E-state index contributed by atoms with van der Waals surface area (Å²) in [6.07, 6.45) is -2.85. The van der Waals surface area contributed by atoms with E-state index in [0.717, 1.165) is 5.01 Å².